The summed E-state index contributed by atoms with van der Waals surface area (Å²) in [6, 6.07) is 0.270. The molecule has 2 aromatic heterocycles. The van der Waals surface area contributed by atoms with Crippen molar-refractivity contribution < 1.29 is 4.79 Å². The fourth-order valence-electron chi connectivity index (χ4n) is 3.44. The second kappa shape index (κ2) is 9.44. The molecule has 0 aromatic carbocycles. The number of carbonyl (C=O) groups excluding carboxylic acids is 1. The summed E-state index contributed by atoms with van der Waals surface area (Å²) in [5.74, 6) is 0.0879. The third-order valence-electron chi connectivity index (χ3n) is 4.99. The van der Waals surface area contributed by atoms with Crippen molar-refractivity contribution in [3.63, 3.8) is 0 Å². The van der Waals surface area contributed by atoms with Gasteiger partial charge in [-0.1, -0.05) is 25.1 Å². The minimum atomic E-state index is -0.302. The average molecular weight is 424 g/mol. The summed E-state index contributed by atoms with van der Waals surface area (Å²) in [6.45, 7) is 16.8. The van der Waals surface area contributed by atoms with E-state index in [4.69, 9.17) is 4.98 Å². The summed E-state index contributed by atoms with van der Waals surface area (Å²) >= 11 is 2.96. The zero-order chi connectivity index (χ0) is 21.2. The molecule has 0 N–H and O–H groups in total. The lowest BCUT2D eigenvalue weighted by atomic mass is 10.2. The SMILES string of the molecule is CCCCn1c(SC(C)C(=O)N(C(C)C)C(C)C)nc2sc(C)c(C)c2c1=O. The quantitative estimate of drug-likeness (QED) is 0.443. The van der Waals surface area contributed by atoms with Crippen LogP contribution < -0.4 is 5.56 Å². The maximum Gasteiger partial charge on any atom is 0.263 e. The molecule has 28 heavy (non-hydrogen) atoms. The van der Waals surface area contributed by atoms with Crippen molar-refractivity contribution in [2.45, 2.75) is 97.3 Å². The van der Waals surface area contributed by atoms with Crippen molar-refractivity contribution in [2.75, 3.05) is 0 Å². The van der Waals surface area contributed by atoms with E-state index in [1.807, 2.05) is 53.4 Å². The van der Waals surface area contributed by atoms with Crippen LogP contribution in [0, 0.1) is 13.8 Å². The Balaban J connectivity index is 2.47. The lowest BCUT2D eigenvalue weighted by molar-refractivity contribution is -0.133. The molecule has 1 unspecified atom stereocenters. The van der Waals surface area contributed by atoms with E-state index in [9.17, 15) is 9.59 Å². The van der Waals surface area contributed by atoms with Crippen LogP contribution in [0.1, 0.15) is 64.8 Å². The van der Waals surface area contributed by atoms with Crippen LogP contribution in [0.3, 0.4) is 0 Å². The summed E-state index contributed by atoms with van der Waals surface area (Å²) in [5.41, 5.74) is 1.04. The van der Waals surface area contributed by atoms with Gasteiger partial charge in [0.25, 0.3) is 5.56 Å². The van der Waals surface area contributed by atoms with Crippen LogP contribution in [0.2, 0.25) is 0 Å². The van der Waals surface area contributed by atoms with Gasteiger partial charge in [-0.05, 0) is 60.5 Å². The standard InChI is InChI=1S/C21H33N3O2S2/c1-9-10-11-23-20(26)17-14(6)15(7)27-18(17)22-21(23)28-16(8)19(25)24(12(2)3)13(4)5/h12-13,16H,9-11H2,1-8H3. The van der Waals surface area contributed by atoms with Gasteiger partial charge in [0.2, 0.25) is 5.91 Å². The number of aryl methyl sites for hydroxylation is 2. The largest absolute Gasteiger partial charge is 0.337 e. The molecule has 2 aromatic rings. The predicted octanol–water partition coefficient (Wildman–Crippen LogP) is 5.00. The van der Waals surface area contributed by atoms with Crippen LogP contribution in [-0.2, 0) is 11.3 Å². The van der Waals surface area contributed by atoms with Gasteiger partial charge in [-0.15, -0.1) is 11.3 Å². The number of thiophene rings is 1. The van der Waals surface area contributed by atoms with E-state index in [1.54, 1.807) is 15.9 Å². The van der Waals surface area contributed by atoms with Crippen molar-refractivity contribution >= 4 is 39.2 Å². The van der Waals surface area contributed by atoms with Crippen molar-refractivity contribution in [3.05, 3.63) is 20.8 Å². The first-order valence-electron chi connectivity index (χ1n) is 10.1. The van der Waals surface area contributed by atoms with Crippen molar-refractivity contribution in [1.29, 1.82) is 0 Å². The molecular formula is C21H33N3O2S2. The molecule has 1 atom stereocenters. The summed E-state index contributed by atoms with van der Waals surface area (Å²) < 4.78 is 1.77. The highest BCUT2D eigenvalue weighted by molar-refractivity contribution is 8.00. The number of carbonyl (C=O) groups is 1. The lowest BCUT2D eigenvalue weighted by Crippen LogP contribution is -2.45. The average Bonchev–Trinajstić information content (AvgIpc) is 2.88. The van der Waals surface area contributed by atoms with Crippen LogP contribution in [0.25, 0.3) is 10.2 Å². The Hall–Kier alpha value is -1.34. The molecule has 0 radical (unpaired) electrons. The molecule has 0 aliphatic rings. The van der Waals surface area contributed by atoms with Gasteiger partial charge in [-0.3, -0.25) is 14.2 Å². The first kappa shape index (κ1) is 22.9. The third kappa shape index (κ3) is 4.62. The smallest absolute Gasteiger partial charge is 0.263 e. The van der Waals surface area contributed by atoms with Crippen molar-refractivity contribution in [2.24, 2.45) is 0 Å². The van der Waals surface area contributed by atoms with Gasteiger partial charge in [0.1, 0.15) is 4.83 Å². The molecule has 0 spiro atoms. The van der Waals surface area contributed by atoms with Crippen LogP contribution in [0.15, 0.2) is 9.95 Å². The van der Waals surface area contributed by atoms with Crippen molar-refractivity contribution in [1.82, 2.24) is 14.5 Å². The van der Waals surface area contributed by atoms with Crippen LogP contribution >= 0.6 is 23.1 Å². The predicted molar refractivity (Wildman–Crippen MR) is 121 cm³/mol. The van der Waals surface area contributed by atoms with Gasteiger partial charge in [0.15, 0.2) is 5.16 Å². The van der Waals surface area contributed by atoms with E-state index in [2.05, 4.69) is 6.92 Å². The molecular weight excluding hydrogens is 390 g/mol. The van der Waals surface area contributed by atoms with Gasteiger partial charge in [0, 0.05) is 23.5 Å². The molecule has 0 saturated heterocycles. The number of rotatable bonds is 8. The van der Waals surface area contributed by atoms with Crippen LogP contribution in [0.5, 0.6) is 0 Å². The Bertz CT molecular complexity index is 891. The summed E-state index contributed by atoms with van der Waals surface area (Å²) in [5, 5.41) is 1.08. The minimum Gasteiger partial charge on any atom is -0.337 e. The molecule has 5 nitrogen and oxygen atoms in total. The molecule has 2 rings (SSSR count). The van der Waals surface area contributed by atoms with Crippen molar-refractivity contribution in [3.8, 4) is 0 Å². The van der Waals surface area contributed by atoms with E-state index >= 15 is 0 Å². The Morgan fingerprint density at radius 3 is 2.32 bits per heavy atom. The molecule has 1 amide bonds. The van der Waals surface area contributed by atoms with E-state index in [0.29, 0.717) is 11.7 Å². The second-order valence-electron chi connectivity index (χ2n) is 7.86. The highest BCUT2D eigenvalue weighted by Gasteiger charge is 2.27. The van der Waals surface area contributed by atoms with E-state index < -0.39 is 0 Å². The van der Waals surface area contributed by atoms with E-state index in [1.165, 1.54) is 11.8 Å². The third-order valence-corrected chi connectivity index (χ3v) is 7.17. The Kier molecular flexibility index (Phi) is 7.73. The first-order chi connectivity index (χ1) is 13.1. The van der Waals surface area contributed by atoms with Crippen LogP contribution in [0.4, 0.5) is 0 Å². The number of hydrogen-bond acceptors (Lipinski definition) is 5. The van der Waals surface area contributed by atoms with Gasteiger partial charge in [0.05, 0.1) is 10.6 Å². The number of aromatic nitrogens is 2. The van der Waals surface area contributed by atoms with E-state index in [0.717, 1.165) is 33.5 Å². The Morgan fingerprint density at radius 2 is 1.79 bits per heavy atom. The molecule has 2 heterocycles. The minimum absolute atomic E-state index is 0.0204. The lowest BCUT2D eigenvalue weighted by Gasteiger charge is -2.33. The monoisotopic (exact) mass is 423 g/mol. The molecule has 0 bridgehead atoms. The first-order valence-corrected chi connectivity index (χ1v) is 11.8. The number of nitrogens with zero attached hydrogens (tertiary/aromatic N) is 3. The fraction of sp³-hybridized carbons (Fsp3) is 0.667. The maximum atomic E-state index is 13.2. The van der Waals surface area contributed by atoms with E-state index in [-0.39, 0.29) is 28.8 Å². The van der Waals surface area contributed by atoms with Gasteiger partial charge < -0.3 is 4.90 Å². The molecule has 156 valence electrons. The summed E-state index contributed by atoms with van der Waals surface area (Å²) in [6.07, 6.45) is 1.91. The molecule has 0 fully saturated rings. The second-order valence-corrected chi connectivity index (χ2v) is 10.4. The number of thioether (sulfide) groups is 1. The van der Waals surface area contributed by atoms with Gasteiger partial charge >= 0.3 is 0 Å². The summed E-state index contributed by atoms with van der Waals surface area (Å²) in [4.78, 5) is 34.9. The maximum absolute atomic E-state index is 13.2. The Labute approximate surface area is 176 Å². The highest BCUT2D eigenvalue weighted by Crippen LogP contribution is 2.30. The molecule has 0 aliphatic heterocycles. The van der Waals surface area contributed by atoms with Gasteiger partial charge in [-0.25, -0.2) is 4.98 Å². The number of amides is 1. The van der Waals surface area contributed by atoms with Gasteiger partial charge in [-0.2, -0.15) is 0 Å². The molecule has 0 saturated carbocycles. The normalized spacial score (nSPS) is 12.9. The Morgan fingerprint density at radius 1 is 1.18 bits per heavy atom. The summed E-state index contributed by atoms with van der Waals surface area (Å²) in [7, 11) is 0. The number of fused-ring (bicyclic) bond motifs is 1. The fourth-order valence-corrected chi connectivity index (χ4v) is 5.50. The molecule has 0 aliphatic carbocycles. The zero-order valence-corrected chi connectivity index (χ0v) is 20.0. The molecule has 7 heteroatoms. The zero-order valence-electron chi connectivity index (χ0n) is 18.3. The number of unbranched alkanes of at least 4 members (excludes halogenated alkanes) is 1. The number of hydrogen-bond donors (Lipinski definition) is 0. The highest BCUT2D eigenvalue weighted by atomic mass is 32.2. The topological polar surface area (TPSA) is 55.2 Å². The van der Waals surface area contributed by atoms with Crippen LogP contribution in [-0.4, -0.2) is 37.7 Å².